The number of nitrogens with one attached hydrogen (secondary N) is 1. The average Bonchev–Trinajstić information content (AvgIpc) is 3.01. The van der Waals surface area contributed by atoms with E-state index < -0.39 is 31.7 Å². The molecule has 2 heterocycles. The third-order valence-corrected chi connectivity index (χ3v) is 7.20. The summed E-state index contributed by atoms with van der Waals surface area (Å²) in [4.78, 5) is 12.1. The second kappa shape index (κ2) is 5.49. The number of nitrogens with two attached hydrogens (primary N) is 1. The van der Waals surface area contributed by atoms with E-state index in [0.717, 1.165) is 6.07 Å². The van der Waals surface area contributed by atoms with Crippen molar-refractivity contribution in [1.29, 1.82) is 5.26 Å². The van der Waals surface area contributed by atoms with E-state index in [1.54, 1.807) is 13.1 Å². The molecule has 0 saturated heterocycles. The first kappa shape index (κ1) is 18.0. The third-order valence-electron chi connectivity index (χ3n) is 5.61. The predicted octanol–water partition coefficient (Wildman–Crippen LogP) is 1.55. The minimum absolute atomic E-state index is 0.193. The Morgan fingerprint density at radius 2 is 2.00 bits per heavy atom. The normalized spacial score (nSPS) is 25.3. The summed E-state index contributed by atoms with van der Waals surface area (Å²) >= 11 is 0. The zero-order valence-electron chi connectivity index (χ0n) is 15.3. The van der Waals surface area contributed by atoms with Gasteiger partial charge < -0.3 is 5.73 Å². The first-order valence-electron chi connectivity index (χ1n) is 8.89. The maximum atomic E-state index is 14.4. The molecule has 1 aromatic carbocycles. The lowest BCUT2D eigenvalue weighted by molar-refractivity contribution is -0.0946. The molecule has 6 rings (SSSR count). The fourth-order valence-corrected chi connectivity index (χ4v) is 5.87. The molecule has 0 radical (unpaired) electrons. The molecule has 3 N–H and O–H groups in total. The molecule has 0 aliphatic heterocycles. The summed E-state index contributed by atoms with van der Waals surface area (Å²) in [5, 5.41) is 9.10. The van der Waals surface area contributed by atoms with Crippen LogP contribution in [0.1, 0.15) is 25.1 Å². The van der Waals surface area contributed by atoms with Crippen LogP contribution in [-0.4, -0.2) is 33.3 Å². The number of halogens is 1. The Morgan fingerprint density at radius 3 is 2.69 bits per heavy atom. The van der Waals surface area contributed by atoms with Gasteiger partial charge in [0.1, 0.15) is 16.5 Å². The van der Waals surface area contributed by atoms with E-state index in [-0.39, 0.29) is 5.95 Å². The number of hydrogen-bond acceptors (Lipinski definition) is 7. The van der Waals surface area contributed by atoms with Crippen molar-refractivity contribution in [3.05, 3.63) is 36.0 Å². The minimum atomic E-state index is -4.10. The number of hydrogen-bond donors (Lipinski definition) is 2. The second-order valence-electron chi connectivity index (χ2n) is 7.88. The van der Waals surface area contributed by atoms with Crippen molar-refractivity contribution >= 4 is 21.7 Å². The molecule has 148 valence electrons. The predicted molar refractivity (Wildman–Crippen MR) is 100 cm³/mol. The van der Waals surface area contributed by atoms with Crippen LogP contribution in [0, 0.1) is 29.5 Å². The molecular formula is C18H16FN7O2S. The number of benzene rings is 1. The number of rotatable bonds is 4. The van der Waals surface area contributed by atoms with Crippen LogP contribution in [0.25, 0.3) is 17.0 Å². The molecule has 0 amide bonds. The standard InChI is InChI=1S/C18H16FN7O2S/c1-10-22-15(21)26-5-13(24-16(26)23-10)11-2-3-12(19)14(4-11)29(27,28)25-18-6-17(7-18,8-18)9-20/h2-5,25H,6-8H2,1H3,(H2,21,22,23,24). The summed E-state index contributed by atoms with van der Waals surface area (Å²) in [6, 6.07) is 5.99. The van der Waals surface area contributed by atoms with E-state index in [4.69, 9.17) is 11.0 Å². The molecule has 3 fully saturated rings. The number of imidazole rings is 1. The van der Waals surface area contributed by atoms with Gasteiger partial charge in [0.15, 0.2) is 0 Å². The number of fused-ring (bicyclic) bond motifs is 1. The van der Waals surface area contributed by atoms with Gasteiger partial charge in [-0.1, -0.05) is 0 Å². The van der Waals surface area contributed by atoms with Gasteiger partial charge in [-0.3, -0.25) is 4.40 Å². The maximum Gasteiger partial charge on any atom is 0.244 e. The van der Waals surface area contributed by atoms with Crippen molar-refractivity contribution < 1.29 is 12.8 Å². The van der Waals surface area contributed by atoms with E-state index in [1.807, 2.05) is 0 Å². The zero-order valence-corrected chi connectivity index (χ0v) is 16.2. The lowest BCUT2D eigenvalue weighted by atomic mass is 9.40. The van der Waals surface area contributed by atoms with Crippen molar-refractivity contribution in [1.82, 2.24) is 24.1 Å². The van der Waals surface area contributed by atoms with Gasteiger partial charge in [-0.2, -0.15) is 15.2 Å². The highest BCUT2D eigenvalue weighted by Gasteiger charge is 2.69. The van der Waals surface area contributed by atoms with Crippen LogP contribution in [-0.2, 0) is 10.0 Å². The van der Waals surface area contributed by atoms with Gasteiger partial charge in [-0.05, 0) is 44.4 Å². The Labute approximate surface area is 165 Å². The van der Waals surface area contributed by atoms with Crippen LogP contribution in [0.5, 0.6) is 0 Å². The number of sulfonamides is 1. The van der Waals surface area contributed by atoms with Crippen molar-refractivity contribution in [2.75, 3.05) is 5.73 Å². The van der Waals surface area contributed by atoms with E-state index in [9.17, 15) is 12.8 Å². The van der Waals surface area contributed by atoms with E-state index in [2.05, 4.69) is 25.7 Å². The Hall–Kier alpha value is -3.10. The first-order valence-corrected chi connectivity index (χ1v) is 10.4. The summed E-state index contributed by atoms with van der Waals surface area (Å²) in [5.41, 5.74) is 5.61. The number of nitriles is 1. The molecule has 9 nitrogen and oxygen atoms in total. The van der Waals surface area contributed by atoms with Crippen LogP contribution >= 0.6 is 0 Å². The Kier molecular flexibility index (Phi) is 3.40. The Balaban J connectivity index is 1.51. The number of nitrogen functional groups attached to an aromatic ring is 1. The highest BCUT2D eigenvalue weighted by atomic mass is 32.2. The topological polar surface area (TPSA) is 139 Å². The molecule has 3 aromatic rings. The lowest BCUT2D eigenvalue weighted by Gasteiger charge is -2.66. The molecule has 0 spiro atoms. The van der Waals surface area contributed by atoms with E-state index >= 15 is 0 Å². The zero-order chi connectivity index (χ0) is 20.6. The van der Waals surface area contributed by atoms with Crippen LogP contribution in [0.4, 0.5) is 10.3 Å². The number of aromatic nitrogens is 4. The van der Waals surface area contributed by atoms with Gasteiger partial charge in [-0.25, -0.2) is 22.5 Å². The van der Waals surface area contributed by atoms with Gasteiger partial charge in [0, 0.05) is 17.3 Å². The number of anilines is 1. The molecule has 29 heavy (non-hydrogen) atoms. The van der Waals surface area contributed by atoms with E-state index in [1.165, 1.54) is 16.5 Å². The number of aryl methyl sites for hydroxylation is 1. The lowest BCUT2D eigenvalue weighted by Crippen LogP contribution is -2.74. The fraction of sp³-hybridized carbons (Fsp3) is 0.333. The van der Waals surface area contributed by atoms with Crippen LogP contribution in [0.3, 0.4) is 0 Å². The molecule has 11 heteroatoms. The summed E-state index contributed by atoms with van der Waals surface area (Å²) in [6.07, 6.45) is 2.95. The summed E-state index contributed by atoms with van der Waals surface area (Å²) in [5.74, 6) is 0.0969. The average molecular weight is 413 g/mol. The van der Waals surface area contributed by atoms with Crippen molar-refractivity contribution in [3.63, 3.8) is 0 Å². The Morgan fingerprint density at radius 1 is 1.28 bits per heavy atom. The smallest absolute Gasteiger partial charge is 0.244 e. The first-order chi connectivity index (χ1) is 13.6. The third kappa shape index (κ3) is 2.60. The van der Waals surface area contributed by atoms with Crippen LogP contribution in [0.2, 0.25) is 0 Å². The summed E-state index contributed by atoms with van der Waals surface area (Å²) in [6.45, 7) is 1.68. The van der Waals surface area contributed by atoms with Gasteiger partial charge in [0.05, 0.1) is 17.2 Å². The van der Waals surface area contributed by atoms with Crippen LogP contribution in [0.15, 0.2) is 29.3 Å². The largest absolute Gasteiger partial charge is 0.369 e. The summed E-state index contributed by atoms with van der Waals surface area (Å²) in [7, 11) is -4.10. The minimum Gasteiger partial charge on any atom is -0.369 e. The maximum absolute atomic E-state index is 14.4. The number of nitrogens with zero attached hydrogens (tertiary/aromatic N) is 5. The van der Waals surface area contributed by atoms with Crippen molar-refractivity contribution in [2.45, 2.75) is 36.6 Å². The van der Waals surface area contributed by atoms with Gasteiger partial charge in [-0.15, -0.1) is 0 Å². The second-order valence-corrected chi connectivity index (χ2v) is 9.53. The molecule has 3 aliphatic rings. The van der Waals surface area contributed by atoms with Gasteiger partial charge >= 0.3 is 0 Å². The van der Waals surface area contributed by atoms with Crippen molar-refractivity contribution in [3.8, 4) is 17.3 Å². The quantitative estimate of drug-likeness (QED) is 0.661. The van der Waals surface area contributed by atoms with Gasteiger partial charge in [0.2, 0.25) is 21.7 Å². The van der Waals surface area contributed by atoms with Crippen molar-refractivity contribution in [2.24, 2.45) is 5.41 Å². The molecule has 3 saturated carbocycles. The van der Waals surface area contributed by atoms with Gasteiger partial charge in [0.25, 0.3) is 0 Å². The molecule has 2 aromatic heterocycles. The highest BCUT2D eigenvalue weighted by Crippen LogP contribution is 2.67. The Bertz CT molecular complexity index is 1320. The SMILES string of the molecule is Cc1nc(N)n2cc(-c3ccc(F)c(S(=O)(=O)NC45CC(C#N)(C4)C5)c3)nc2n1. The molecule has 0 unspecified atom stereocenters. The summed E-state index contributed by atoms with van der Waals surface area (Å²) < 4.78 is 44.1. The molecular weight excluding hydrogens is 397 g/mol. The monoisotopic (exact) mass is 413 g/mol. The van der Waals surface area contributed by atoms with Crippen LogP contribution < -0.4 is 10.5 Å². The molecule has 2 bridgehead atoms. The fourth-order valence-electron chi connectivity index (χ4n) is 4.37. The van der Waals surface area contributed by atoms with E-state index in [0.29, 0.717) is 42.1 Å². The molecule has 3 aliphatic carbocycles. The molecule has 0 atom stereocenters. The highest BCUT2D eigenvalue weighted by molar-refractivity contribution is 7.89.